The first kappa shape index (κ1) is 17.5. The summed E-state index contributed by atoms with van der Waals surface area (Å²) in [6.45, 7) is 2.24. The maximum atomic E-state index is 12.6. The minimum atomic E-state index is -0.419. The van der Waals surface area contributed by atoms with Crippen LogP contribution in [-0.4, -0.2) is 20.3 Å². The van der Waals surface area contributed by atoms with E-state index in [1.807, 2.05) is 35.9 Å². The van der Waals surface area contributed by atoms with E-state index in [1.165, 1.54) is 6.20 Å². The minimum absolute atomic E-state index is 0.179. The van der Waals surface area contributed by atoms with Crippen molar-refractivity contribution in [3.05, 3.63) is 94.3 Å². The summed E-state index contributed by atoms with van der Waals surface area (Å²) in [5.74, 6) is -0.00137. The summed E-state index contributed by atoms with van der Waals surface area (Å²) in [6.07, 6.45) is 5.39. The summed E-state index contributed by atoms with van der Waals surface area (Å²) in [5, 5.41) is 2.61. The van der Waals surface area contributed by atoms with Crippen LogP contribution in [0.25, 0.3) is 5.65 Å². The predicted octanol–water partition coefficient (Wildman–Crippen LogP) is 3.16. The molecule has 4 aromatic rings. The standard InChI is InChI=1S/C21H18N4O3/c1-14-8-9-19-23-15(12-25(19)11-14)13-28-18-7-3-2-5-16(18)20(26)24-17-6-4-10-22-21(17)27/h2-12H,13H2,1H3,(H,22,27)(H,24,26). The Hall–Kier alpha value is -3.87. The lowest BCUT2D eigenvalue weighted by Gasteiger charge is -2.10. The highest BCUT2D eigenvalue weighted by molar-refractivity contribution is 6.06. The molecule has 140 valence electrons. The van der Waals surface area contributed by atoms with E-state index < -0.39 is 5.91 Å². The molecule has 3 aromatic heterocycles. The summed E-state index contributed by atoms with van der Waals surface area (Å²) in [6, 6.07) is 14.0. The Kier molecular flexibility index (Phi) is 4.63. The van der Waals surface area contributed by atoms with E-state index in [9.17, 15) is 9.59 Å². The van der Waals surface area contributed by atoms with Gasteiger partial charge >= 0.3 is 0 Å². The van der Waals surface area contributed by atoms with Crippen molar-refractivity contribution >= 4 is 17.2 Å². The topological polar surface area (TPSA) is 88.5 Å². The summed E-state index contributed by atoms with van der Waals surface area (Å²) in [5.41, 5.74) is 2.87. The Morgan fingerprint density at radius 3 is 2.86 bits per heavy atom. The number of aryl methyl sites for hydroxylation is 1. The van der Waals surface area contributed by atoms with E-state index >= 15 is 0 Å². The van der Waals surface area contributed by atoms with E-state index in [4.69, 9.17) is 4.74 Å². The van der Waals surface area contributed by atoms with Gasteiger partial charge in [-0.2, -0.15) is 0 Å². The molecule has 1 aromatic carbocycles. The Morgan fingerprint density at radius 2 is 2.00 bits per heavy atom. The van der Waals surface area contributed by atoms with Crippen molar-refractivity contribution in [2.75, 3.05) is 5.32 Å². The fourth-order valence-corrected chi connectivity index (χ4v) is 2.87. The molecule has 0 fully saturated rings. The number of aromatic nitrogens is 3. The number of rotatable bonds is 5. The van der Waals surface area contributed by atoms with Gasteiger partial charge in [-0.15, -0.1) is 0 Å². The molecule has 0 spiro atoms. The number of nitrogens with zero attached hydrogens (tertiary/aromatic N) is 2. The van der Waals surface area contributed by atoms with E-state index in [1.54, 1.807) is 36.4 Å². The van der Waals surface area contributed by atoms with Gasteiger partial charge in [0.05, 0.1) is 11.3 Å². The zero-order valence-corrected chi connectivity index (χ0v) is 15.2. The number of hydrogen-bond donors (Lipinski definition) is 2. The van der Waals surface area contributed by atoms with Crippen molar-refractivity contribution in [1.29, 1.82) is 0 Å². The van der Waals surface area contributed by atoms with Crippen LogP contribution in [0.2, 0.25) is 0 Å². The lowest BCUT2D eigenvalue weighted by molar-refractivity contribution is 0.102. The van der Waals surface area contributed by atoms with Crippen molar-refractivity contribution in [3.63, 3.8) is 0 Å². The third-order valence-electron chi connectivity index (χ3n) is 4.22. The fourth-order valence-electron chi connectivity index (χ4n) is 2.87. The molecule has 0 radical (unpaired) electrons. The molecule has 7 nitrogen and oxygen atoms in total. The average molecular weight is 374 g/mol. The lowest BCUT2D eigenvalue weighted by atomic mass is 10.2. The first-order valence-corrected chi connectivity index (χ1v) is 8.75. The van der Waals surface area contributed by atoms with Gasteiger partial charge in [0.25, 0.3) is 11.5 Å². The second-order valence-corrected chi connectivity index (χ2v) is 6.36. The monoisotopic (exact) mass is 374 g/mol. The van der Waals surface area contributed by atoms with Crippen LogP contribution >= 0.6 is 0 Å². The third kappa shape index (κ3) is 3.64. The van der Waals surface area contributed by atoms with Crippen molar-refractivity contribution in [1.82, 2.24) is 14.4 Å². The largest absolute Gasteiger partial charge is 0.486 e. The molecule has 1 amide bonds. The van der Waals surface area contributed by atoms with Crippen LogP contribution in [-0.2, 0) is 6.61 Å². The number of imidazole rings is 1. The summed E-state index contributed by atoms with van der Waals surface area (Å²) in [7, 11) is 0. The predicted molar refractivity (Wildman–Crippen MR) is 106 cm³/mol. The summed E-state index contributed by atoms with van der Waals surface area (Å²) < 4.78 is 7.79. The van der Waals surface area contributed by atoms with Gasteiger partial charge in [0.1, 0.15) is 23.7 Å². The first-order valence-electron chi connectivity index (χ1n) is 8.75. The molecule has 0 aliphatic rings. The zero-order chi connectivity index (χ0) is 19.5. The minimum Gasteiger partial charge on any atom is -0.486 e. The summed E-state index contributed by atoms with van der Waals surface area (Å²) >= 11 is 0. The van der Waals surface area contributed by atoms with Crippen LogP contribution in [0.4, 0.5) is 5.69 Å². The lowest BCUT2D eigenvalue weighted by Crippen LogP contribution is -2.20. The van der Waals surface area contributed by atoms with Crippen LogP contribution in [0, 0.1) is 6.92 Å². The number of aromatic amines is 1. The number of ether oxygens (including phenoxy) is 1. The number of nitrogens with one attached hydrogen (secondary N) is 2. The maximum Gasteiger partial charge on any atom is 0.271 e. The molecule has 0 saturated heterocycles. The highest BCUT2D eigenvalue weighted by Gasteiger charge is 2.14. The third-order valence-corrected chi connectivity index (χ3v) is 4.22. The molecule has 0 aliphatic carbocycles. The number of H-pyrrole nitrogens is 1. The van der Waals surface area contributed by atoms with Crippen LogP contribution in [0.5, 0.6) is 5.75 Å². The second-order valence-electron chi connectivity index (χ2n) is 6.36. The van der Waals surface area contributed by atoms with Crippen molar-refractivity contribution < 1.29 is 9.53 Å². The van der Waals surface area contributed by atoms with E-state index in [0.29, 0.717) is 11.3 Å². The normalized spacial score (nSPS) is 10.8. The molecule has 2 N–H and O–H groups in total. The van der Waals surface area contributed by atoms with Gasteiger partial charge in [0, 0.05) is 18.6 Å². The Balaban J connectivity index is 1.53. The Morgan fingerprint density at radius 1 is 1.14 bits per heavy atom. The molecule has 0 aliphatic heterocycles. The van der Waals surface area contributed by atoms with Crippen LogP contribution in [0.3, 0.4) is 0 Å². The Bertz CT molecular complexity index is 1210. The van der Waals surface area contributed by atoms with Crippen LogP contribution in [0.15, 0.2) is 71.9 Å². The SMILES string of the molecule is Cc1ccc2nc(COc3ccccc3C(=O)Nc3ccc[nH]c3=O)cn2c1. The van der Waals surface area contributed by atoms with E-state index in [-0.39, 0.29) is 17.9 Å². The van der Waals surface area contributed by atoms with Crippen LogP contribution in [0.1, 0.15) is 21.6 Å². The van der Waals surface area contributed by atoms with Crippen molar-refractivity contribution in [3.8, 4) is 5.75 Å². The van der Waals surface area contributed by atoms with Gasteiger partial charge in [-0.05, 0) is 42.8 Å². The van der Waals surface area contributed by atoms with Gasteiger partial charge in [0.2, 0.25) is 0 Å². The number of para-hydroxylation sites is 1. The molecular formula is C21H18N4O3. The van der Waals surface area contributed by atoms with Gasteiger partial charge in [-0.1, -0.05) is 18.2 Å². The van der Waals surface area contributed by atoms with Crippen molar-refractivity contribution in [2.45, 2.75) is 13.5 Å². The van der Waals surface area contributed by atoms with Gasteiger partial charge in [-0.3, -0.25) is 9.59 Å². The highest BCUT2D eigenvalue weighted by atomic mass is 16.5. The number of anilines is 1. The maximum absolute atomic E-state index is 12.6. The zero-order valence-electron chi connectivity index (χ0n) is 15.2. The molecular weight excluding hydrogens is 356 g/mol. The molecule has 0 unspecified atom stereocenters. The quantitative estimate of drug-likeness (QED) is 0.562. The van der Waals surface area contributed by atoms with Crippen LogP contribution < -0.4 is 15.6 Å². The number of carbonyl (C=O) groups excluding carboxylic acids is 1. The molecule has 0 saturated carbocycles. The molecule has 0 atom stereocenters. The number of benzene rings is 1. The second kappa shape index (κ2) is 7.40. The Labute approximate surface area is 160 Å². The number of carbonyl (C=O) groups is 1. The highest BCUT2D eigenvalue weighted by Crippen LogP contribution is 2.20. The summed E-state index contributed by atoms with van der Waals surface area (Å²) in [4.78, 5) is 31.4. The van der Waals surface area contributed by atoms with E-state index in [0.717, 1.165) is 16.9 Å². The molecule has 28 heavy (non-hydrogen) atoms. The number of fused-ring (bicyclic) bond motifs is 1. The number of hydrogen-bond acceptors (Lipinski definition) is 4. The average Bonchev–Trinajstić information content (AvgIpc) is 3.10. The smallest absolute Gasteiger partial charge is 0.271 e. The first-order chi connectivity index (χ1) is 13.6. The fraction of sp³-hybridized carbons (Fsp3) is 0.0952. The number of amides is 1. The van der Waals surface area contributed by atoms with Crippen molar-refractivity contribution in [2.24, 2.45) is 0 Å². The van der Waals surface area contributed by atoms with E-state index in [2.05, 4.69) is 15.3 Å². The molecule has 0 bridgehead atoms. The molecule has 7 heteroatoms. The van der Waals surface area contributed by atoms with Gasteiger partial charge in [-0.25, -0.2) is 4.98 Å². The number of pyridine rings is 2. The van der Waals surface area contributed by atoms with Gasteiger partial charge < -0.3 is 19.4 Å². The molecule has 4 rings (SSSR count). The van der Waals surface area contributed by atoms with Gasteiger partial charge in [0.15, 0.2) is 0 Å². The molecule has 3 heterocycles.